The quantitative estimate of drug-likeness (QED) is 0.641. The van der Waals surface area contributed by atoms with Gasteiger partial charge in [0, 0.05) is 42.8 Å². The van der Waals surface area contributed by atoms with Gasteiger partial charge in [-0.1, -0.05) is 35.3 Å². The van der Waals surface area contributed by atoms with Crippen LogP contribution in [0.5, 0.6) is 0 Å². The van der Waals surface area contributed by atoms with E-state index in [1.807, 2.05) is 13.0 Å². The number of hydrogen-bond acceptors (Lipinski definition) is 4. The van der Waals surface area contributed by atoms with Crippen LogP contribution in [0, 0.1) is 0 Å². The van der Waals surface area contributed by atoms with Crippen LogP contribution in [0.1, 0.15) is 18.5 Å². The first-order valence-corrected chi connectivity index (χ1v) is 9.71. The second-order valence-corrected chi connectivity index (χ2v) is 7.44. The normalized spacial score (nSPS) is 16.6. The van der Waals surface area contributed by atoms with Gasteiger partial charge in [-0.25, -0.2) is 0 Å². The van der Waals surface area contributed by atoms with Crippen molar-refractivity contribution in [1.29, 1.82) is 0 Å². The van der Waals surface area contributed by atoms with Crippen LogP contribution in [-0.2, 0) is 9.59 Å². The Morgan fingerprint density at radius 3 is 2.30 bits per heavy atom. The van der Waals surface area contributed by atoms with Gasteiger partial charge >= 0.3 is 0 Å². The van der Waals surface area contributed by atoms with Crippen molar-refractivity contribution in [2.45, 2.75) is 13.0 Å². The smallest absolute Gasteiger partial charge is 0.234 e. The molecule has 0 spiro atoms. The average Bonchev–Trinajstić information content (AvgIpc) is 2.61. The Morgan fingerprint density at radius 2 is 1.74 bits per heavy atom. The van der Waals surface area contributed by atoms with Crippen LogP contribution < -0.4 is 10.6 Å². The van der Waals surface area contributed by atoms with E-state index in [-0.39, 0.29) is 17.9 Å². The molecular weight excluding hydrogens is 387 g/mol. The Morgan fingerprint density at radius 1 is 1.15 bits per heavy atom. The van der Waals surface area contributed by atoms with Gasteiger partial charge in [-0.2, -0.15) is 0 Å². The average molecular weight is 413 g/mol. The number of benzene rings is 1. The molecule has 1 aliphatic heterocycles. The third-order valence-corrected chi connectivity index (χ3v) is 5.01. The zero-order valence-corrected chi connectivity index (χ0v) is 17.0. The molecule has 1 aromatic carbocycles. The Kier molecular flexibility index (Phi) is 8.57. The van der Waals surface area contributed by atoms with Crippen molar-refractivity contribution in [3.8, 4) is 0 Å². The molecule has 1 aromatic rings. The van der Waals surface area contributed by atoms with Crippen molar-refractivity contribution in [2.75, 3.05) is 45.8 Å². The molecule has 2 N–H and O–H groups in total. The highest BCUT2D eigenvalue weighted by atomic mass is 35.5. The summed E-state index contributed by atoms with van der Waals surface area (Å²) in [5, 5.41) is 6.86. The molecule has 2 rings (SSSR count). The Labute approximate surface area is 170 Å². The minimum atomic E-state index is -0.197. The largest absolute Gasteiger partial charge is 0.352 e. The van der Waals surface area contributed by atoms with Crippen molar-refractivity contribution in [1.82, 2.24) is 20.4 Å². The number of carbonyl (C=O) groups is 2. The predicted molar refractivity (Wildman–Crippen MR) is 109 cm³/mol. The number of rotatable bonds is 8. The molecule has 1 aliphatic rings. The van der Waals surface area contributed by atoms with Gasteiger partial charge in [-0.15, -0.1) is 6.58 Å². The molecule has 2 amide bonds. The van der Waals surface area contributed by atoms with Crippen LogP contribution in [0.15, 0.2) is 30.9 Å². The lowest BCUT2D eigenvalue weighted by atomic mass is 10.1. The number of carbonyl (C=O) groups excluding carboxylic acids is 2. The zero-order valence-electron chi connectivity index (χ0n) is 15.5. The minimum absolute atomic E-state index is 0.00485. The third kappa shape index (κ3) is 7.14. The topological polar surface area (TPSA) is 64.7 Å². The molecular formula is C19H26Cl2N4O2. The lowest BCUT2D eigenvalue weighted by molar-refractivity contribution is -0.125. The Balaban J connectivity index is 1.74. The third-order valence-electron chi connectivity index (χ3n) is 4.45. The van der Waals surface area contributed by atoms with Crippen molar-refractivity contribution in [3.63, 3.8) is 0 Å². The van der Waals surface area contributed by atoms with Crippen molar-refractivity contribution in [3.05, 3.63) is 46.5 Å². The zero-order chi connectivity index (χ0) is 19.8. The van der Waals surface area contributed by atoms with E-state index in [1.54, 1.807) is 18.2 Å². The first kappa shape index (κ1) is 21.7. The van der Waals surface area contributed by atoms with Crippen molar-refractivity contribution in [2.24, 2.45) is 0 Å². The van der Waals surface area contributed by atoms with Gasteiger partial charge in [0.2, 0.25) is 11.8 Å². The minimum Gasteiger partial charge on any atom is -0.352 e. The summed E-state index contributed by atoms with van der Waals surface area (Å²) in [6.45, 7) is 9.67. The van der Waals surface area contributed by atoms with E-state index in [9.17, 15) is 9.59 Å². The molecule has 0 radical (unpaired) electrons. The highest BCUT2D eigenvalue weighted by molar-refractivity contribution is 6.35. The highest BCUT2D eigenvalue weighted by Gasteiger charge is 2.21. The summed E-state index contributed by atoms with van der Waals surface area (Å²) >= 11 is 12.1. The second-order valence-electron chi connectivity index (χ2n) is 6.60. The van der Waals surface area contributed by atoms with Crippen LogP contribution in [-0.4, -0.2) is 67.4 Å². The van der Waals surface area contributed by atoms with Crippen molar-refractivity contribution < 1.29 is 9.59 Å². The number of nitrogens with zero attached hydrogens (tertiary/aromatic N) is 2. The SMILES string of the molecule is C=CCNC(=O)CN1CCN(CC(=O)NC(C)c2ccc(Cl)cc2Cl)CC1. The number of halogens is 2. The van der Waals surface area contributed by atoms with E-state index < -0.39 is 0 Å². The van der Waals surface area contributed by atoms with Gasteiger partial charge in [0.05, 0.1) is 19.1 Å². The molecule has 0 saturated carbocycles. The molecule has 27 heavy (non-hydrogen) atoms. The van der Waals surface area contributed by atoms with Gasteiger partial charge in [0.25, 0.3) is 0 Å². The maximum absolute atomic E-state index is 12.3. The molecule has 0 bridgehead atoms. The van der Waals surface area contributed by atoms with Crippen LogP contribution in [0.25, 0.3) is 0 Å². The van der Waals surface area contributed by atoms with Gasteiger partial charge in [-0.05, 0) is 24.6 Å². The van der Waals surface area contributed by atoms with Gasteiger partial charge in [-0.3, -0.25) is 19.4 Å². The fourth-order valence-electron chi connectivity index (χ4n) is 2.97. The fraction of sp³-hybridized carbons (Fsp3) is 0.474. The predicted octanol–water partition coefficient (Wildman–Crippen LogP) is 2.09. The summed E-state index contributed by atoms with van der Waals surface area (Å²) in [7, 11) is 0. The van der Waals surface area contributed by atoms with E-state index in [4.69, 9.17) is 23.2 Å². The van der Waals surface area contributed by atoms with Crippen LogP contribution in [0.2, 0.25) is 10.0 Å². The molecule has 8 heteroatoms. The van der Waals surface area contributed by atoms with Crippen molar-refractivity contribution >= 4 is 35.0 Å². The summed E-state index contributed by atoms with van der Waals surface area (Å²) in [5.74, 6) is -0.0551. The molecule has 1 saturated heterocycles. The number of amides is 2. The summed E-state index contributed by atoms with van der Waals surface area (Å²) in [5.41, 5.74) is 0.838. The van der Waals surface area contributed by atoms with E-state index >= 15 is 0 Å². The molecule has 148 valence electrons. The summed E-state index contributed by atoms with van der Waals surface area (Å²) in [6, 6.07) is 5.06. The maximum Gasteiger partial charge on any atom is 0.234 e. The highest BCUT2D eigenvalue weighted by Crippen LogP contribution is 2.26. The van der Waals surface area contributed by atoms with Gasteiger partial charge in [0.15, 0.2) is 0 Å². The van der Waals surface area contributed by atoms with E-state index in [2.05, 4.69) is 27.0 Å². The van der Waals surface area contributed by atoms with Crippen LogP contribution in [0.3, 0.4) is 0 Å². The fourth-order valence-corrected chi connectivity index (χ4v) is 3.54. The Bertz CT molecular complexity index is 676. The number of nitrogens with one attached hydrogen (secondary N) is 2. The second kappa shape index (κ2) is 10.7. The molecule has 1 heterocycles. The van der Waals surface area contributed by atoms with Crippen LogP contribution >= 0.6 is 23.2 Å². The molecule has 6 nitrogen and oxygen atoms in total. The van der Waals surface area contributed by atoms with E-state index in [0.29, 0.717) is 29.7 Å². The molecule has 0 aliphatic carbocycles. The molecule has 0 aromatic heterocycles. The maximum atomic E-state index is 12.3. The number of piperazine rings is 1. The van der Waals surface area contributed by atoms with Gasteiger partial charge in [0.1, 0.15) is 0 Å². The van der Waals surface area contributed by atoms with Gasteiger partial charge < -0.3 is 10.6 Å². The van der Waals surface area contributed by atoms with E-state index in [0.717, 1.165) is 31.7 Å². The summed E-state index contributed by atoms with van der Waals surface area (Å²) < 4.78 is 0. The number of hydrogen-bond donors (Lipinski definition) is 2. The van der Waals surface area contributed by atoms with Crippen LogP contribution in [0.4, 0.5) is 0 Å². The summed E-state index contributed by atoms with van der Waals surface area (Å²) in [4.78, 5) is 28.3. The first-order chi connectivity index (χ1) is 12.9. The molecule has 1 fully saturated rings. The monoisotopic (exact) mass is 412 g/mol. The summed E-state index contributed by atoms with van der Waals surface area (Å²) in [6.07, 6.45) is 1.66. The lowest BCUT2D eigenvalue weighted by Gasteiger charge is -2.34. The standard InChI is InChI=1S/C19H26Cl2N4O2/c1-3-6-22-18(26)12-24-7-9-25(10-8-24)13-19(27)23-14(2)16-5-4-15(20)11-17(16)21/h3-5,11,14H,1,6-10,12-13H2,2H3,(H,22,26)(H,23,27). The Hall–Kier alpha value is -1.60. The molecule has 1 atom stereocenters. The molecule has 1 unspecified atom stereocenters. The first-order valence-electron chi connectivity index (χ1n) is 8.95. The lowest BCUT2D eigenvalue weighted by Crippen LogP contribution is -2.51. The van der Waals surface area contributed by atoms with E-state index in [1.165, 1.54) is 0 Å².